The van der Waals surface area contributed by atoms with Crippen LogP contribution >= 0.6 is 34.8 Å². The van der Waals surface area contributed by atoms with Crippen LogP contribution in [-0.2, 0) is 14.8 Å². The monoisotopic (exact) mass is 606 g/mol. The van der Waals surface area contributed by atoms with Crippen molar-refractivity contribution in [2.24, 2.45) is 5.41 Å². The van der Waals surface area contributed by atoms with Gasteiger partial charge in [0.1, 0.15) is 6.04 Å². The SMILES string of the molecule is CC(C)(C)C(C(=O)O)N(c1ccc2c(ccn2-c2nc(Cl)nc3[nH]cnc23)c1)S(=O)(=O)c1cc(Cl)cc(Cl)c1. The number of aromatic nitrogens is 5. The highest BCUT2D eigenvalue weighted by Crippen LogP contribution is 2.37. The zero-order chi connectivity index (χ0) is 28.3. The fourth-order valence-electron chi connectivity index (χ4n) is 4.45. The number of benzene rings is 2. The topological polar surface area (TPSA) is 134 Å². The van der Waals surface area contributed by atoms with E-state index < -0.39 is 27.4 Å². The number of imidazole rings is 1. The van der Waals surface area contributed by atoms with E-state index >= 15 is 0 Å². The summed E-state index contributed by atoms with van der Waals surface area (Å²) in [7, 11) is -4.44. The minimum atomic E-state index is -4.44. The van der Waals surface area contributed by atoms with Gasteiger partial charge in [-0.05, 0) is 59.5 Å². The average Bonchev–Trinajstić information content (AvgIpc) is 3.46. The van der Waals surface area contributed by atoms with E-state index in [-0.39, 0.29) is 25.9 Å². The minimum Gasteiger partial charge on any atom is -0.480 e. The summed E-state index contributed by atoms with van der Waals surface area (Å²) in [5.74, 6) is -0.890. The summed E-state index contributed by atoms with van der Waals surface area (Å²) >= 11 is 18.3. The van der Waals surface area contributed by atoms with Crippen LogP contribution in [0.4, 0.5) is 5.69 Å². The Balaban J connectivity index is 1.72. The first-order valence-corrected chi connectivity index (χ1v) is 14.1. The van der Waals surface area contributed by atoms with Gasteiger partial charge in [0, 0.05) is 21.6 Å². The molecule has 3 aromatic heterocycles. The van der Waals surface area contributed by atoms with Crippen LogP contribution in [0.15, 0.2) is 59.9 Å². The molecule has 0 spiro atoms. The van der Waals surface area contributed by atoms with Gasteiger partial charge in [-0.1, -0.05) is 44.0 Å². The van der Waals surface area contributed by atoms with Crippen molar-refractivity contribution in [2.45, 2.75) is 31.7 Å². The third kappa shape index (κ3) is 4.91. The Hall–Kier alpha value is -3.38. The van der Waals surface area contributed by atoms with Crippen LogP contribution in [0.5, 0.6) is 0 Å². The number of aromatic amines is 1. The van der Waals surface area contributed by atoms with Gasteiger partial charge < -0.3 is 10.1 Å². The largest absolute Gasteiger partial charge is 0.480 e. The molecule has 0 saturated carbocycles. The molecule has 0 aliphatic heterocycles. The number of H-pyrrole nitrogens is 1. The second-order valence-corrected chi connectivity index (χ2v) is 12.9. The summed E-state index contributed by atoms with van der Waals surface area (Å²) < 4.78 is 30.7. The van der Waals surface area contributed by atoms with Crippen LogP contribution in [-0.4, -0.2) is 50.0 Å². The molecule has 3 heterocycles. The summed E-state index contributed by atoms with van der Waals surface area (Å²) in [6.07, 6.45) is 3.21. The normalized spacial score (nSPS) is 13.2. The summed E-state index contributed by atoms with van der Waals surface area (Å²) in [4.78, 5) is 28.0. The Bertz CT molecular complexity index is 1840. The second-order valence-electron chi connectivity index (χ2n) is 9.86. The number of aliphatic carboxylic acids is 1. The molecule has 2 N–H and O–H groups in total. The van der Waals surface area contributed by atoms with Gasteiger partial charge in [-0.2, -0.15) is 9.97 Å². The lowest BCUT2D eigenvalue weighted by molar-refractivity contribution is -0.140. The molecule has 14 heteroatoms. The van der Waals surface area contributed by atoms with E-state index in [4.69, 9.17) is 34.8 Å². The van der Waals surface area contributed by atoms with Gasteiger partial charge >= 0.3 is 5.97 Å². The Labute approximate surface area is 238 Å². The molecule has 5 rings (SSSR count). The van der Waals surface area contributed by atoms with Crippen molar-refractivity contribution < 1.29 is 18.3 Å². The number of fused-ring (bicyclic) bond motifs is 2. The molecule has 0 saturated heterocycles. The van der Waals surface area contributed by atoms with Crippen molar-refractivity contribution in [3.8, 4) is 5.82 Å². The standard InChI is InChI=1S/C25H21Cl3N6O4S/c1-25(2,3)20(23(35)36)34(39(37,38)17-10-14(26)9-15(27)11-17)16-4-5-18-13(8-16)6-7-33(18)22-19-21(30-12-29-19)31-24(28)32-22/h4-12,20H,1-3H3,(H,35,36)(H,29,30,31,32). The number of hydrogen-bond donors (Lipinski definition) is 2. The van der Waals surface area contributed by atoms with Gasteiger partial charge in [0.25, 0.3) is 10.0 Å². The van der Waals surface area contributed by atoms with Gasteiger partial charge in [0.05, 0.1) is 22.4 Å². The van der Waals surface area contributed by atoms with Gasteiger partial charge in [0.2, 0.25) is 5.28 Å². The molecule has 0 amide bonds. The molecule has 1 unspecified atom stereocenters. The molecular formula is C25H21Cl3N6O4S. The first-order valence-electron chi connectivity index (χ1n) is 11.5. The molecule has 1 atom stereocenters. The fourth-order valence-corrected chi connectivity index (χ4v) is 7.13. The number of hydrogen-bond acceptors (Lipinski definition) is 6. The average molecular weight is 608 g/mol. The van der Waals surface area contributed by atoms with Crippen LogP contribution in [0.1, 0.15) is 20.8 Å². The van der Waals surface area contributed by atoms with Gasteiger partial charge in [-0.15, -0.1) is 0 Å². The molecule has 10 nitrogen and oxygen atoms in total. The minimum absolute atomic E-state index is 0.0205. The lowest BCUT2D eigenvalue weighted by Gasteiger charge is -2.37. The van der Waals surface area contributed by atoms with Crippen LogP contribution in [0, 0.1) is 5.41 Å². The maximum absolute atomic E-state index is 14.0. The van der Waals surface area contributed by atoms with Crippen LogP contribution < -0.4 is 4.31 Å². The molecule has 0 aliphatic carbocycles. The predicted molar refractivity (Wildman–Crippen MR) is 151 cm³/mol. The van der Waals surface area contributed by atoms with Crippen molar-refractivity contribution in [1.82, 2.24) is 24.5 Å². The highest BCUT2D eigenvalue weighted by molar-refractivity contribution is 7.93. The molecule has 0 aliphatic rings. The number of nitrogens with zero attached hydrogens (tertiary/aromatic N) is 5. The second kappa shape index (κ2) is 9.67. The molecule has 39 heavy (non-hydrogen) atoms. The Morgan fingerprint density at radius 2 is 1.74 bits per heavy atom. The van der Waals surface area contributed by atoms with Crippen molar-refractivity contribution in [3.63, 3.8) is 0 Å². The lowest BCUT2D eigenvalue weighted by atomic mass is 9.86. The van der Waals surface area contributed by atoms with Crippen molar-refractivity contribution in [2.75, 3.05) is 4.31 Å². The zero-order valence-corrected chi connectivity index (χ0v) is 23.8. The van der Waals surface area contributed by atoms with Crippen LogP contribution in [0.2, 0.25) is 15.3 Å². The van der Waals surface area contributed by atoms with E-state index in [9.17, 15) is 18.3 Å². The molecule has 0 fully saturated rings. The highest BCUT2D eigenvalue weighted by atomic mass is 35.5. The lowest BCUT2D eigenvalue weighted by Crippen LogP contribution is -2.52. The first-order chi connectivity index (χ1) is 18.3. The highest BCUT2D eigenvalue weighted by Gasteiger charge is 2.43. The van der Waals surface area contributed by atoms with Crippen LogP contribution in [0.3, 0.4) is 0 Å². The van der Waals surface area contributed by atoms with E-state index in [1.165, 1.54) is 30.6 Å². The zero-order valence-electron chi connectivity index (χ0n) is 20.7. The molecule has 5 aromatic rings. The molecule has 2 aromatic carbocycles. The first kappa shape index (κ1) is 27.2. The molecule has 0 bridgehead atoms. The van der Waals surface area contributed by atoms with Crippen molar-refractivity contribution in [3.05, 3.63) is 70.3 Å². The quantitative estimate of drug-likeness (QED) is 0.228. The van der Waals surface area contributed by atoms with Gasteiger partial charge in [-0.25, -0.2) is 18.2 Å². The number of rotatable bonds is 6. The van der Waals surface area contributed by atoms with E-state index in [2.05, 4.69) is 19.9 Å². The number of sulfonamides is 1. The number of carboxylic acids is 1. The maximum atomic E-state index is 14.0. The van der Waals surface area contributed by atoms with E-state index in [1.807, 2.05) is 0 Å². The van der Waals surface area contributed by atoms with E-state index in [0.29, 0.717) is 27.9 Å². The number of anilines is 1. The predicted octanol–water partition coefficient (Wildman–Crippen LogP) is 5.95. The molecule has 202 valence electrons. The fraction of sp³-hybridized carbons (Fsp3) is 0.200. The van der Waals surface area contributed by atoms with Crippen LogP contribution in [0.25, 0.3) is 27.9 Å². The smallest absolute Gasteiger partial charge is 0.328 e. The number of nitrogens with one attached hydrogen (secondary N) is 1. The van der Waals surface area contributed by atoms with Gasteiger partial charge in [-0.3, -0.25) is 8.87 Å². The van der Waals surface area contributed by atoms with Gasteiger partial charge in [0.15, 0.2) is 17.0 Å². The van der Waals surface area contributed by atoms with Crippen molar-refractivity contribution in [1.29, 1.82) is 0 Å². The summed E-state index contributed by atoms with van der Waals surface area (Å²) in [5, 5.41) is 11.1. The van der Waals surface area contributed by atoms with E-state index in [0.717, 1.165) is 4.31 Å². The number of carbonyl (C=O) groups is 1. The number of carboxylic acid groups (broad SMARTS) is 1. The third-order valence-corrected chi connectivity index (χ3v) is 8.45. The Morgan fingerprint density at radius 1 is 1.05 bits per heavy atom. The van der Waals surface area contributed by atoms with E-state index in [1.54, 1.807) is 49.7 Å². The third-order valence-electron chi connectivity index (χ3n) is 6.07. The number of halogens is 3. The summed E-state index contributed by atoms with van der Waals surface area (Å²) in [6, 6.07) is 8.96. The summed E-state index contributed by atoms with van der Waals surface area (Å²) in [6.45, 7) is 4.96. The van der Waals surface area contributed by atoms with Crippen molar-refractivity contribution >= 4 is 78.5 Å². The Kier molecular flexibility index (Phi) is 6.74. The maximum Gasteiger partial charge on any atom is 0.328 e. The molecule has 0 radical (unpaired) electrons. The summed E-state index contributed by atoms with van der Waals surface area (Å²) in [5.41, 5.74) is 0.746. The Morgan fingerprint density at radius 3 is 2.38 bits per heavy atom. The molecular weight excluding hydrogens is 587 g/mol.